The Kier molecular flexibility index (Phi) is 5.63. The molecule has 0 radical (unpaired) electrons. The zero-order valence-corrected chi connectivity index (χ0v) is 12.2. The summed E-state index contributed by atoms with van der Waals surface area (Å²) in [4.78, 5) is 15.5. The van der Waals surface area contributed by atoms with E-state index in [0.29, 0.717) is 16.6 Å². The Balaban J connectivity index is 3.08. The Bertz CT molecular complexity index is 407. The summed E-state index contributed by atoms with van der Waals surface area (Å²) in [6, 6.07) is 5.91. The molecule has 0 saturated heterocycles. The number of anilines is 1. The number of aldehydes is 1. The summed E-state index contributed by atoms with van der Waals surface area (Å²) in [6.45, 7) is 6.01. The Morgan fingerprint density at radius 3 is 2.56 bits per heavy atom. The number of hydrogen-bond acceptors (Lipinski definition) is 3. The number of benzene rings is 1. The highest BCUT2D eigenvalue weighted by molar-refractivity contribution is 6.33. The van der Waals surface area contributed by atoms with Crippen LogP contribution in [0.25, 0.3) is 0 Å². The molecule has 0 spiro atoms. The SMILES string of the molecule is CCN(c1cccc(Cl)c1C=O)C(C)CN(C)C. The molecule has 0 heterocycles. The van der Waals surface area contributed by atoms with Crippen LogP contribution in [-0.2, 0) is 0 Å². The van der Waals surface area contributed by atoms with E-state index in [0.717, 1.165) is 25.1 Å². The Morgan fingerprint density at radius 2 is 2.06 bits per heavy atom. The summed E-state index contributed by atoms with van der Waals surface area (Å²) in [5.41, 5.74) is 1.49. The summed E-state index contributed by atoms with van der Waals surface area (Å²) in [5, 5.41) is 0.512. The summed E-state index contributed by atoms with van der Waals surface area (Å²) in [7, 11) is 4.09. The van der Waals surface area contributed by atoms with Crippen LogP contribution in [0.3, 0.4) is 0 Å². The van der Waals surface area contributed by atoms with Gasteiger partial charge in [0.15, 0.2) is 6.29 Å². The second kappa shape index (κ2) is 6.76. The molecule has 0 N–H and O–H groups in total. The van der Waals surface area contributed by atoms with E-state index in [1.54, 1.807) is 6.07 Å². The molecule has 1 unspecified atom stereocenters. The number of carbonyl (C=O) groups excluding carboxylic acids is 1. The Hall–Kier alpha value is -1.06. The molecule has 0 aliphatic rings. The normalized spacial score (nSPS) is 12.6. The van der Waals surface area contributed by atoms with Crippen LogP contribution in [0.4, 0.5) is 5.69 Å². The monoisotopic (exact) mass is 268 g/mol. The largest absolute Gasteiger partial charge is 0.367 e. The van der Waals surface area contributed by atoms with Crippen LogP contribution < -0.4 is 4.90 Å². The van der Waals surface area contributed by atoms with Crippen LogP contribution in [0.15, 0.2) is 18.2 Å². The number of likely N-dealkylation sites (N-methyl/N-ethyl adjacent to an activating group) is 2. The van der Waals surface area contributed by atoms with Gasteiger partial charge < -0.3 is 9.80 Å². The molecule has 1 aromatic rings. The molecule has 0 aromatic heterocycles. The van der Waals surface area contributed by atoms with Crippen molar-refractivity contribution in [2.45, 2.75) is 19.9 Å². The average Bonchev–Trinajstić information content (AvgIpc) is 2.29. The first-order valence-electron chi connectivity index (χ1n) is 6.16. The van der Waals surface area contributed by atoms with Crippen molar-refractivity contribution in [2.75, 3.05) is 32.1 Å². The smallest absolute Gasteiger partial charge is 0.153 e. The van der Waals surface area contributed by atoms with Gasteiger partial charge in [0.05, 0.1) is 10.6 Å². The van der Waals surface area contributed by atoms with Gasteiger partial charge in [-0.2, -0.15) is 0 Å². The quantitative estimate of drug-likeness (QED) is 0.741. The highest BCUT2D eigenvalue weighted by Crippen LogP contribution is 2.27. The summed E-state index contributed by atoms with van der Waals surface area (Å²) in [6.07, 6.45) is 0.836. The van der Waals surface area contributed by atoms with E-state index in [1.807, 2.05) is 26.2 Å². The minimum absolute atomic E-state index is 0.321. The molecule has 0 bridgehead atoms. The second-order valence-corrected chi connectivity index (χ2v) is 5.09. The third-order valence-electron chi connectivity index (χ3n) is 2.96. The molecule has 0 amide bonds. The molecule has 1 atom stereocenters. The highest BCUT2D eigenvalue weighted by atomic mass is 35.5. The maximum absolute atomic E-state index is 11.2. The van der Waals surface area contributed by atoms with Crippen LogP contribution in [-0.4, -0.2) is 44.4 Å². The predicted molar refractivity (Wildman–Crippen MR) is 77.9 cm³/mol. The fraction of sp³-hybridized carbons (Fsp3) is 0.500. The van der Waals surface area contributed by atoms with Crippen molar-refractivity contribution in [3.63, 3.8) is 0 Å². The zero-order chi connectivity index (χ0) is 13.7. The molecule has 100 valence electrons. The summed E-state index contributed by atoms with van der Waals surface area (Å²) >= 11 is 6.07. The highest BCUT2D eigenvalue weighted by Gasteiger charge is 2.17. The Morgan fingerprint density at radius 1 is 1.39 bits per heavy atom. The first kappa shape index (κ1) is 15.0. The molecular weight excluding hydrogens is 248 g/mol. The van der Waals surface area contributed by atoms with Crippen molar-refractivity contribution in [2.24, 2.45) is 0 Å². The van der Waals surface area contributed by atoms with Gasteiger partial charge in [0, 0.05) is 24.8 Å². The fourth-order valence-electron chi connectivity index (χ4n) is 2.24. The molecule has 1 rings (SSSR count). The van der Waals surface area contributed by atoms with Crippen molar-refractivity contribution >= 4 is 23.6 Å². The summed E-state index contributed by atoms with van der Waals surface area (Å²) in [5.74, 6) is 0. The number of carbonyl (C=O) groups is 1. The lowest BCUT2D eigenvalue weighted by atomic mass is 10.1. The van der Waals surface area contributed by atoms with Crippen molar-refractivity contribution in [1.82, 2.24) is 4.90 Å². The van der Waals surface area contributed by atoms with Gasteiger partial charge in [0.25, 0.3) is 0 Å². The molecule has 4 heteroatoms. The lowest BCUT2D eigenvalue weighted by Gasteiger charge is -2.33. The van der Waals surface area contributed by atoms with E-state index >= 15 is 0 Å². The third-order valence-corrected chi connectivity index (χ3v) is 3.29. The van der Waals surface area contributed by atoms with Gasteiger partial charge in [-0.25, -0.2) is 0 Å². The molecular formula is C14H21ClN2O. The topological polar surface area (TPSA) is 23.6 Å². The maximum atomic E-state index is 11.2. The zero-order valence-electron chi connectivity index (χ0n) is 11.5. The van der Waals surface area contributed by atoms with Gasteiger partial charge in [-0.15, -0.1) is 0 Å². The lowest BCUT2D eigenvalue weighted by Crippen LogP contribution is -2.40. The molecule has 3 nitrogen and oxygen atoms in total. The molecule has 18 heavy (non-hydrogen) atoms. The number of nitrogens with zero attached hydrogens (tertiary/aromatic N) is 2. The minimum Gasteiger partial charge on any atom is -0.367 e. The van der Waals surface area contributed by atoms with Gasteiger partial charge in [0.2, 0.25) is 0 Å². The van der Waals surface area contributed by atoms with Gasteiger partial charge >= 0.3 is 0 Å². The second-order valence-electron chi connectivity index (χ2n) is 4.69. The van der Waals surface area contributed by atoms with E-state index in [1.165, 1.54) is 0 Å². The first-order valence-corrected chi connectivity index (χ1v) is 6.54. The Labute approximate surface area is 114 Å². The van der Waals surface area contributed by atoms with E-state index in [2.05, 4.69) is 23.6 Å². The van der Waals surface area contributed by atoms with Crippen LogP contribution in [0.2, 0.25) is 5.02 Å². The van der Waals surface area contributed by atoms with E-state index in [9.17, 15) is 4.79 Å². The van der Waals surface area contributed by atoms with Crippen LogP contribution in [0.5, 0.6) is 0 Å². The van der Waals surface area contributed by atoms with E-state index in [4.69, 9.17) is 11.6 Å². The van der Waals surface area contributed by atoms with E-state index < -0.39 is 0 Å². The lowest BCUT2D eigenvalue weighted by molar-refractivity contribution is 0.112. The molecule has 0 fully saturated rings. The molecule has 0 saturated carbocycles. The van der Waals surface area contributed by atoms with Crippen molar-refractivity contribution in [1.29, 1.82) is 0 Å². The van der Waals surface area contributed by atoms with Crippen molar-refractivity contribution < 1.29 is 4.79 Å². The van der Waals surface area contributed by atoms with Crippen molar-refractivity contribution in [3.8, 4) is 0 Å². The predicted octanol–water partition coefficient (Wildman–Crippen LogP) is 2.93. The van der Waals surface area contributed by atoms with Gasteiger partial charge in [-0.1, -0.05) is 17.7 Å². The van der Waals surface area contributed by atoms with Gasteiger partial charge in [-0.3, -0.25) is 4.79 Å². The molecule has 1 aromatic carbocycles. The maximum Gasteiger partial charge on any atom is 0.153 e. The van der Waals surface area contributed by atoms with Gasteiger partial charge in [0.1, 0.15) is 0 Å². The summed E-state index contributed by atoms with van der Waals surface area (Å²) < 4.78 is 0. The average molecular weight is 269 g/mol. The standard InChI is InChI=1S/C14H21ClN2O/c1-5-17(11(2)9-16(3)4)14-8-6-7-13(15)12(14)10-18/h6-8,10-11H,5,9H2,1-4H3. The van der Waals surface area contributed by atoms with E-state index in [-0.39, 0.29) is 0 Å². The van der Waals surface area contributed by atoms with Crippen LogP contribution in [0, 0.1) is 0 Å². The van der Waals surface area contributed by atoms with Crippen LogP contribution >= 0.6 is 11.6 Å². The van der Waals surface area contributed by atoms with Gasteiger partial charge in [-0.05, 0) is 40.1 Å². The minimum atomic E-state index is 0.321. The van der Waals surface area contributed by atoms with Crippen molar-refractivity contribution in [3.05, 3.63) is 28.8 Å². The third kappa shape index (κ3) is 3.47. The van der Waals surface area contributed by atoms with Crippen LogP contribution in [0.1, 0.15) is 24.2 Å². The number of rotatable bonds is 6. The molecule has 0 aliphatic carbocycles. The number of halogens is 1. The number of hydrogen-bond donors (Lipinski definition) is 0. The molecule has 0 aliphatic heterocycles. The fourth-order valence-corrected chi connectivity index (χ4v) is 2.45. The first-order chi connectivity index (χ1) is 8.51.